The predicted molar refractivity (Wildman–Crippen MR) is 184 cm³/mol. The van der Waals surface area contributed by atoms with E-state index in [4.69, 9.17) is 0 Å². The van der Waals surface area contributed by atoms with Crippen LogP contribution in [0.15, 0.2) is 109 Å². The maximum Gasteiger partial charge on any atom is 0.185 e. The van der Waals surface area contributed by atoms with Gasteiger partial charge in [-0.05, 0) is 96.2 Å². The van der Waals surface area contributed by atoms with Crippen LogP contribution in [0.4, 0.5) is 8.78 Å². The third kappa shape index (κ3) is 9.78. The lowest BCUT2D eigenvalue weighted by Gasteiger charge is -2.21. The predicted octanol–water partition coefficient (Wildman–Crippen LogP) is 11.5. The first-order valence-corrected chi connectivity index (χ1v) is 16.6. The number of halogens is 2. The van der Waals surface area contributed by atoms with Gasteiger partial charge in [0, 0.05) is 11.1 Å². The molecule has 0 amide bonds. The summed E-state index contributed by atoms with van der Waals surface area (Å²) in [6, 6.07) is 28.2. The summed E-state index contributed by atoms with van der Waals surface area (Å²) in [5, 5.41) is 0. The highest BCUT2D eigenvalue weighted by Crippen LogP contribution is 2.33. The second kappa shape index (κ2) is 16.7. The van der Waals surface area contributed by atoms with Crippen molar-refractivity contribution >= 4 is 23.7 Å². The summed E-state index contributed by atoms with van der Waals surface area (Å²) in [5.41, 5.74) is 5.73. The van der Waals surface area contributed by atoms with Gasteiger partial charge in [0.2, 0.25) is 0 Å². The van der Waals surface area contributed by atoms with Gasteiger partial charge in [0.1, 0.15) is 11.6 Å². The molecule has 6 rings (SSSR count). The summed E-state index contributed by atoms with van der Waals surface area (Å²) in [5.74, 6) is 0.720. The standard InChI is InChI=1S/2C21H21FO/c2*22-20-13-6-16(7-14-20)8-15-21(23)19-11-9-18(10-12-19)17-4-2-1-3-5-17/h2*6-15,17H,1-5H2/b2*15-8+. The highest BCUT2D eigenvalue weighted by atomic mass is 19.1. The molecule has 4 heteroatoms. The van der Waals surface area contributed by atoms with Gasteiger partial charge in [0.25, 0.3) is 0 Å². The molecule has 0 N–H and O–H groups in total. The van der Waals surface area contributed by atoms with E-state index in [1.54, 1.807) is 48.6 Å². The second-order valence-electron chi connectivity index (χ2n) is 12.4. The molecule has 2 fully saturated rings. The first-order valence-electron chi connectivity index (χ1n) is 16.6. The number of benzene rings is 4. The van der Waals surface area contributed by atoms with E-state index in [0.29, 0.717) is 23.0 Å². The van der Waals surface area contributed by atoms with Gasteiger partial charge in [-0.1, -0.05) is 123 Å². The van der Waals surface area contributed by atoms with Crippen molar-refractivity contribution in [1.82, 2.24) is 0 Å². The fourth-order valence-corrected chi connectivity index (χ4v) is 6.40. The van der Waals surface area contributed by atoms with E-state index < -0.39 is 0 Å². The van der Waals surface area contributed by atoms with Gasteiger partial charge in [0.05, 0.1) is 0 Å². The van der Waals surface area contributed by atoms with E-state index in [1.807, 2.05) is 24.3 Å². The largest absolute Gasteiger partial charge is 0.289 e. The van der Waals surface area contributed by atoms with E-state index in [9.17, 15) is 18.4 Å². The number of hydrogen-bond acceptors (Lipinski definition) is 2. The van der Waals surface area contributed by atoms with Crippen LogP contribution in [-0.4, -0.2) is 11.6 Å². The average Bonchev–Trinajstić information content (AvgIpc) is 3.12. The van der Waals surface area contributed by atoms with Crippen LogP contribution in [0.25, 0.3) is 12.2 Å². The monoisotopic (exact) mass is 616 g/mol. The average molecular weight is 617 g/mol. The molecule has 0 saturated heterocycles. The molecule has 4 aromatic carbocycles. The molecule has 0 radical (unpaired) electrons. The molecule has 236 valence electrons. The summed E-state index contributed by atoms with van der Waals surface area (Å²) in [6.07, 6.45) is 19.5. The van der Waals surface area contributed by atoms with Crippen LogP contribution >= 0.6 is 0 Å². The molecule has 2 saturated carbocycles. The van der Waals surface area contributed by atoms with Crippen molar-refractivity contribution in [3.63, 3.8) is 0 Å². The molecule has 0 atom stereocenters. The molecule has 0 bridgehead atoms. The Kier molecular flexibility index (Phi) is 12.0. The summed E-state index contributed by atoms with van der Waals surface area (Å²) < 4.78 is 25.7. The number of rotatable bonds is 8. The minimum Gasteiger partial charge on any atom is -0.289 e. The van der Waals surface area contributed by atoms with Crippen molar-refractivity contribution in [2.45, 2.75) is 76.0 Å². The molecular weight excluding hydrogens is 574 g/mol. The molecule has 0 heterocycles. The van der Waals surface area contributed by atoms with Crippen molar-refractivity contribution in [2.75, 3.05) is 0 Å². The van der Waals surface area contributed by atoms with Gasteiger partial charge < -0.3 is 0 Å². The Balaban J connectivity index is 0.000000181. The SMILES string of the molecule is O=C(/C=C/c1ccc(F)cc1)c1ccc(C2CCCCC2)cc1.O=C(/C=C/c1ccc(F)cc1)c1ccc(C2CCCCC2)cc1. The normalized spacial score (nSPS) is 15.9. The third-order valence-electron chi connectivity index (χ3n) is 9.14. The maximum atomic E-state index is 12.9. The van der Waals surface area contributed by atoms with Gasteiger partial charge in [-0.25, -0.2) is 8.78 Å². The molecule has 0 aliphatic heterocycles. The number of hydrogen-bond donors (Lipinski definition) is 0. The van der Waals surface area contributed by atoms with E-state index in [-0.39, 0.29) is 23.2 Å². The Morgan fingerprint density at radius 3 is 1.11 bits per heavy atom. The summed E-state index contributed by atoms with van der Waals surface area (Å²) >= 11 is 0. The summed E-state index contributed by atoms with van der Waals surface area (Å²) in [7, 11) is 0. The molecule has 0 spiro atoms. The highest BCUT2D eigenvalue weighted by molar-refractivity contribution is 6.07. The smallest absolute Gasteiger partial charge is 0.185 e. The minimum atomic E-state index is -0.272. The summed E-state index contributed by atoms with van der Waals surface area (Å²) in [4.78, 5) is 24.4. The Bertz CT molecular complexity index is 1480. The summed E-state index contributed by atoms with van der Waals surface area (Å²) in [6.45, 7) is 0. The van der Waals surface area contributed by atoms with Crippen LogP contribution in [0.2, 0.25) is 0 Å². The van der Waals surface area contributed by atoms with Crippen LogP contribution < -0.4 is 0 Å². The Labute approximate surface area is 271 Å². The van der Waals surface area contributed by atoms with Gasteiger partial charge in [0.15, 0.2) is 11.6 Å². The van der Waals surface area contributed by atoms with Crippen molar-refractivity contribution in [2.24, 2.45) is 0 Å². The molecule has 2 aliphatic rings. The first-order chi connectivity index (χ1) is 22.4. The van der Waals surface area contributed by atoms with Crippen molar-refractivity contribution < 1.29 is 18.4 Å². The molecular formula is C42H42F2O2. The minimum absolute atomic E-state index is 0.0236. The number of carbonyl (C=O) groups excluding carboxylic acids is 2. The number of carbonyl (C=O) groups is 2. The quantitative estimate of drug-likeness (QED) is 0.146. The molecule has 46 heavy (non-hydrogen) atoms. The molecule has 2 nitrogen and oxygen atoms in total. The first kappa shape index (κ1) is 32.9. The molecule has 0 unspecified atom stereocenters. The van der Waals surface area contributed by atoms with Crippen molar-refractivity contribution in [3.8, 4) is 0 Å². The van der Waals surface area contributed by atoms with E-state index >= 15 is 0 Å². The second-order valence-corrected chi connectivity index (χ2v) is 12.4. The van der Waals surface area contributed by atoms with Gasteiger partial charge in [-0.15, -0.1) is 0 Å². The fourth-order valence-electron chi connectivity index (χ4n) is 6.40. The lowest BCUT2D eigenvalue weighted by atomic mass is 9.84. The van der Waals surface area contributed by atoms with Crippen LogP contribution in [0.1, 0.15) is 119 Å². The Morgan fingerprint density at radius 1 is 0.457 bits per heavy atom. The Hall–Kier alpha value is -4.44. The third-order valence-corrected chi connectivity index (χ3v) is 9.14. The van der Waals surface area contributed by atoms with Gasteiger partial charge >= 0.3 is 0 Å². The van der Waals surface area contributed by atoms with E-state index in [2.05, 4.69) is 24.3 Å². The van der Waals surface area contributed by atoms with Crippen LogP contribution in [0, 0.1) is 11.6 Å². The molecule has 4 aromatic rings. The van der Waals surface area contributed by atoms with Crippen LogP contribution in [-0.2, 0) is 0 Å². The number of allylic oxidation sites excluding steroid dienone is 2. The molecule has 2 aliphatic carbocycles. The molecule has 0 aromatic heterocycles. The zero-order valence-corrected chi connectivity index (χ0v) is 26.3. The topological polar surface area (TPSA) is 34.1 Å². The Morgan fingerprint density at radius 2 is 0.783 bits per heavy atom. The van der Waals surface area contributed by atoms with Crippen LogP contribution in [0.5, 0.6) is 0 Å². The van der Waals surface area contributed by atoms with E-state index in [1.165, 1.54) is 99.6 Å². The van der Waals surface area contributed by atoms with Crippen molar-refractivity contribution in [3.05, 3.63) is 154 Å². The van der Waals surface area contributed by atoms with Gasteiger partial charge in [-0.2, -0.15) is 0 Å². The van der Waals surface area contributed by atoms with E-state index in [0.717, 1.165) is 11.1 Å². The fraction of sp³-hybridized carbons (Fsp3) is 0.286. The van der Waals surface area contributed by atoms with Gasteiger partial charge in [-0.3, -0.25) is 9.59 Å². The van der Waals surface area contributed by atoms with Crippen molar-refractivity contribution in [1.29, 1.82) is 0 Å². The maximum absolute atomic E-state index is 12.9. The van der Waals surface area contributed by atoms with Crippen LogP contribution in [0.3, 0.4) is 0 Å². The number of ketones is 2. The highest BCUT2D eigenvalue weighted by Gasteiger charge is 2.16. The lowest BCUT2D eigenvalue weighted by molar-refractivity contribution is 0.103. The lowest BCUT2D eigenvalue weighted by Crippen LogP contribution is -2.04. The zero-order chi connectivity index (χ0) is 32.1. The zero-order valence-electron chi connectivity index (χ0n) is 26.3.